The Labute approximate surface area is 116 Å². The molecule has 0 radical (unpaired) electrons. The quantitative estimate of drug-likeness (QED) is 0.821. The van der Waals surface area contributed by atoms with E-state index in [2.05, 4.69) is 17.2 Å². The van der Waals surface area contributed by atoms with E-state index in [1.807, 2.05) is 24.3 Å². The third-order valence-electron chi connectivity index (χ3n) is 2.56. The van der Waals surface area contributed by atoms with Crippen molar-refractivity contribution in [2.24, 2.45) is 0 Å². The van der Waals surface area contributed by atoms with Gasteiger partial charge in [0.2, 0.25) is 5.91 Å². The van der Waals surface area contributed by atoms with Crippen molar-refractivity contribution in [1.82, 2.24) is 4.98 Å². The van der Waals surface area contributed by atoms with Crippen molar-refractivity contribution in [3.8, 4) is 11.3 Å². The molecule has 0 aliphatic heterocycles. The van der Waals surface area contributed by atoms with E-state index in [-0.39, 0.29) is 5.91 Å². The van der Waals surface area contributed by atoms with Crippen LogP contribution in [-0.2, 0) is 4.79 Å². The minimum absolute atomic E-state index is 0.0494. The fraction of sp³-hybridized carbons (Fsp3) is 0.286. The molecular weight excluding hydrogens is 260 g/mol. The van der Waals surface area contributed by atoms with Gasteiger partial charge in [0.05, 0.1) is 6.20 Å². The van der Waals surface area contributed by atoms with Crippen molar-refractivity contribution in [1.29, 1.82) is 0 Å². The van der Waals surface area contributed by atoms with Crippen LogP contribution < -0.4 is 5.32 Å². The highest BCUT2D eigenvalue weighted by molar-refractivity contribution is 7.99. The van der Waals surface area contributed by atoms with Gasteiger partial charge in [-0.3, -0.25) is 4.79 Å². The summed E-state index contributed by atoms with van der Waals surface area (Å²) in [6.07, 6.45) is 3.61. The number of oxazole rings is 1. The number of hydrogen-bond acceptors (Lipinski definition) is 4. The third-order valence-corrected chi connectivity index (χ3v) is 3.46. The maximum absolute atomic E-state index is 11.6. The number of rotatable bonds is 6. The summed E-state index contributed by atoms with van der Waals surface area (Å²) in [6.45, 7) is 2.09. The largest absolute Gasteiger partial charge is 0.444 e. The number of benzene rings is 1. The SMILES string of the molecule is CCSCCC(=O)Nc1ccc(-c2cnco2)cc1. The minimum Gasteiger partial charge on any atom is -0.444 e. The monoisotopic (exact) mass is 276 g/mol. The molecule has 1 aromatic heterocycles. The van der Waals surface area contributed by atoms with E-state index < -0.39 is 0 Å². The first-order valence-corrected chi connectivity index (χ1v) is 7.31. The lowest BCUT2D eigenvalue weighted by atomic mass is 10.1. The van der Waals surface area contributed by atoms with Gasteiger partial charge in [-0.15, -0.1) is 0 Å². The van der Waals surface area contributed by atoms with Gasteiger partial charge >= 0.3 is 0 Å². The summed E-state index contributed by atoms with van der Waals surface area (Å²) in [5.74, 6) is 2.67. The Balaban J connectivity index is 1.90. The van der Waals surface area contributed by atoms with Crippen LogP contribution in [0.5, 0.6) is 0 Å². The Morgan fingerprint density at radius 1 is 1.37 bits per heavy atom. The topological polar surface area (TPSA) is 55.1 Å². The molecule has 0 fully saturated rings. The van der Waals surface area contributed by atoms with Crippen LogP contribution in [0.15, 0.2) is 41.3 Å². The van der Waals surface area contributed by atoms with Crippen LogP contribution in [0.2, 0.25) is 0 Å². The van der Waals surface area contributed by atoms with E-state index in [9.17, 15) is 4.79 Å². The molecule has 100 valence electrons. The molecule has 0 spiro atoms. The van der Waals surface area contributed by atoms with Crippen molar-refractivity contribution in [3.05, 3.63) is 36.9 Å². The van der Waals surface area contributed by atoms with Crippen molar-refractivity contribution >= 4 is 23.4 Å². The van der Waals surface area contributed by atoms with E-state index in [4.69, 9.17) is 4.42 Å². The number of nitrogens with one attached hydrogen (secondary N) is 1. The lowest BCUT2D eigenvalue weighted by molar-refractivity contribution is -0.115. The molecule has 0 aliphatic rings. The Kier molecular flexibility index (Phi) is 5.03. The lowest BCUT2D eigenvalue weighted by Gasteiger charge is -2.05. The molecule has 2 rings (SSSR count). The lowest BCUT2D eigenvalue weighted by Crippen LogP contribution is -2.12. The standard InChI is InChI=1S/C14H16N2O2S/c1-2-19-8-7-14(17)16-12-5-3-11(4-6-12)13-9-15-10-18-13/h3-6,9-10H,2,7-8H2,1H3,(H,16,17). The molecule has 0 saturated heterocycles. The van der Waals surface area contributed by atoms with Gasteiger partial charge in [0, 0.05) is 23.4 Å². The summed E-state index contributed by atoms with van der Waals surface area (Å²) >= 11 is 1.77. The number of carbonyl (C=O) groups excluding carboxylic acids is 1. The van der Waals surface area contributed by atoms with E-state index in [0.717, 1.165) is 28.5 Å². The fourth-order valence-electron chi connectivity index (χ4n) is 1.61. The average Bonchev–Trinajstić information content (AvgIpc) is 2.94. The number of hydrogen-bond donors (Lipinski definition) is 1. The third kappa shape index (κ3) is 4.13. The first kappa shape index (κ1) is 13.7. The van der Waals surface area contributed by atoms with Crippen LogP contribution in [0.1, 0.15) is 13.3 Å². The summed E-state index contributed by atoms with van der Waals surface area (Å²) in [7, 11) is 0. The Morgan fingerprint density at radius 2 is 2.16 bits per heavy atom. The van der Waals surface area contributed by atoms with E-state index >= 15 is 0 Å². The minimum atomic E-state index is 0.0494. The van der Waals surface area contributed by atoms with Crippen molar-refractivity contribution < 1.29 is 9.21 Å². The Morgan fingerprint density at radius 3 is 2.79 bits per heavy atom. The molecule has 1 N–H and O–H groups in total. The van der Waals surface area contributed by atoms with Gasteiger partial charge in [0.25, 0.3) is 0 Å². The molecule has 5 heteroatoms. The summed E-state index contributed by atoms with van der Waals surface area (Å²) in [4.78, 5) is 15.5. The summed E-state index contributed by atoms with van der Waals surface area (Å²) in [6, 6.07) is 7.53. The van der Waals surface area contributed by atoms with Crippen LogP contribution >= 0.6 is 11.8 Å². The van der Waals surface area contributed by atoms with Crippen LogP contribution in [-0.4, -0.2) is 22.4 Å². The van der Waals surface area contributed by atoms with E-state index in [1.165, 1.54) is 6.39 Å². The van der Waals surface area contributed by atoms with Gasteiger partial charge in [-0.05, 0) is 30.0 Å². The average molecular weight is 276 g/mol. The molecule has 1 amide bonds. The molecule has 0 aliphatic carbocycles. The summed E-state index contributed by atoms with van der Waals surface area (Å²) in [5, 5.41) is 2.87. The van der Waals surface area contributed by atoms with Crippen LogP contribution in [0.3, 0.4) is 0 Å². The predicted molar refractivity (Wildman–Crippen MR) is 78.2 cm³/mol. The van der Waals surface area contributed by atoms with Crippen LogP contribution in [0, 0.1) is 0 Å². The molecule has 0 unspecified atom stereocenters. The zero-order valence-corrected chi connectivity index (χ0v) is 11.6. The van der Waals surface area contributed by atoms with Gasteiger partial charge in [-0.2, -0.15) is 11.8 Å². The zero-order chi connectivity index (χ0) is 13.5. The number of nitrogens with zero attached hydrogens (tertiary/aromatic N) is 1. The second kappa shape index (κ2) is 6.99. The number of thioether (sulfide) groups is 1. The van der Waals surface area contributed by atoms with Gasteiger partial charge in [0.15, 0.2) is 12.2 Å². The fourth-order valence-corrected chi connectivity index (χ4v) is 2.23. The highest BCUT2D eigenvalue weighted by Gasteiger charge is 2.04. The van der Waals surface area contributed by atoms with Crippen molar-refractivity contribution in [2.45, 2.75) is 13.3 Å². The number of amides is 1. The smallest absolute Gasteiger partial charge is 0.225 e. The Hall–Kier alpha value is -1.75. The van der Waals surface area contributed by atoms with Crippen LogP contribution in [0.4, 0.5) is 5.69 Å². The second-order valence-electron chi connectivity index (χ2n) is 3.94. The Bertz CT molecular complexity index is 509. The second-order valence-corrected chi connectivity index (χ2v) is 5.33. The molecular formula is C14H16N2O2S. The molecule has 19 heavy (non-hydrogen) atoms. The van der Waals surface area contributed by atoms with Crippen LogP contribution in [0.25, 0.3) is 11.3 Å². The molecule has 1 aromatic carbocycles. The number of anilines is 1. The number of aromatic nitrogens is 1. The van der Waals surface area contributed by atoms with E-state index in [0.29, 0.717) is 6.42 Å². The first-order chi connectivity index (χ1) is 9.29. The van der Waals surface area contributed by atoms with Gasteiger partial charge in [-0.25, -0.2) is 4.98 Å². The molecule has 0 saturated carbocycles. The molecule has 2 aromatic rings. The summed E-state index contributed by atoms with van der Waals surface area (Å²) < 4.78 is 5.20. The maximum Gasteiger partial charge on any atom is 0.225 e. The first-order valence-electron chi connectivity index (χ1n) is 6.16. The van der Waals surface area contributed by atoms with Crippen molar-refractivity contribution in [2.75, 3.05) is 16.8 Å². The van der Waals surface area contributed by atoms with Gasteiger partial charge in [0.1, 0.15) is 0 Å². The molecule has 1 heterocycles. The highest BCUT2D eigenvalue weighted by atomic mass is 32.2. The highest BCUT2D eigenvalue weighted by Crippen LogP contribution is 2.20. The van der Waals surface area contributed by atoms with Gasteiger partial charge in [-0.1, -0.05) is 6.92 Å². The van der Waals surface area contributed by atoms with Crippen molar-refractivity contribution in [3.63, 3.8) is 0 Å². The zero-order valence-electron chi connectivity index (χ0n) is 10.8. The predicted octanol–water partition coefficient (Wildman–Crippen LogP) is 3.42. The molecule has 0 bridgehead atoms. The molecule has 4 nitrogen and oxygen atoms in total. The maximum atomic E-state index is 11.6. The van der Waals surface area contributed by atoms with Gasteiger partial charge < -0.3 is 9.73 Å². The number of carbonyl (C=O) groups is 1. The molecule has 0 atom stereocenters. The summed E-state index contributed by atoms with van der Waals surface area (Å²) in [5.41, 5.74) is 1.74. The normalized spacial score (nSPS) is 10.4. The van der Waals surface area contributed by atoms with E-state index in [1.54, 1.807) is 18.0 Å².